The lowest BCUT2D eigenvalue weighted by Crippen LogP contribution is -2.48. The molecule has 0 aliphatic heterocycles. The molecule has 1 aromatic heterocycles. The second-order valence-electron chi connectivity index (χ2n) is 11.9. The number of ether oxygens (including phenoxy) is 2. The average Bonchev–Trinajstić information content (AvgIpc) is 2.91. The fourth-order valence-electron chi connectivity index (χ4n) is 7.54. The molecule has 1 heterocycles. The lowest BCUT2D eigenvalue weighted by Gasteiger charge is -2.57. The maximum absolute atomic E-state index is 12.7. The second kappa shape index (κ2) is 10.9. The minimum atomic E-state index is -0.215. The average molecular weight is 540 g/mol. The van der Waals surface area contributed by atoms with Crippen LogP contribution >= 0.6 is 0 Å². The zero-order chi connectivity index (χ0) is 27.7. The summed E-state index contributed by atoms with van der Waals surface area (Å²) in [6, 6.07) is 15.8. The van der Waals surface area contributed by atoms with Crippen molar-refractivity contribution in [3.05, 3.63) is 71.0 Å². The number of rotatable bonds is 9. The summed E-state index contributed by atoms with van der Waals surface area (Å²) in [5.41, 5.74) is 7.98. The van der Waals surface area contributed by atoms with Gasteiger partial charge in [0.1, 0.15) is 0 Å². The van der Waals surface area contributed by atoms with Crippen LogP contribution in [0.3, 0.4) is 0 Å². The van der Waals surface area contributed by atoms with E-state index in [1.807, 2.05) is 38.1 Å². The number of carbonyl (C=O) groups is 1. The molecule has 0 unspecified atom stereocenters. The van der Waals surface area contributed by atoms with E-state index in [1.54, 1.807) is 25.5 Å². The van der Waals surface area contributed by atoms with Gasteiger partial charge in [-0.25, -0.2) is 15.4 Å². The van der Waals surface area contributed by atoms with Gasteiger partial charge in [-0.3, -0.25) is 4.79 Å². The Labute approximate surface area is 235 Å². The molecule has 2 N–H and O–H groups in total. The zero-order valence-electron chi connectivity index (χ0n) is 23.4. The van der Waals surface area contributed by atoms with Gasteiger partial charge in [0.05, 0.1) is 13.3 Å². The third kappa shape index (κ3) is 5.67. The topological polar surface area (TPSA) is 97.7 Å². The summed E-state index contributed by atoms with van der Waals surface area (Å²) < 4.78 is 11.3. The van der Waals surface area contributed by atoms with Gasteiger partial charge in [0, 0.05) is 17.1 Å². The number of nitrogens with zero attached hydrogens (tertiary/aromatic N) is 3. The summed E-state index contributed by atoms with van der Waals surface area (Å²) in [7, 11) is 1.57. The van der Waals surface area contributed by atoms with Crippen LogP contribution in [0.2, 0.25) is 0 Å². The van der Waals surface area contributed by atoms with Crippen molar-refractivity contribution in [2.45, 2.75) is 57.8 Å². The normalized spacial score (nSPS) is 24.7. The number of hydrogen-bond donors (Lipinski definition) is 2. The minimum Gasteiger partial charge on any atom is -0.493 e. The molecule has 4 saturated carbocycles. The van der Waals surface area contributed by atoms with Crippen LogP contribution in [0.5, 0.6) is 11.5 Å². The van der Waals surface area contributed by atoms with E-state index >= 15 is 0 Å². The van der Waals surface area contributed by atoms with Crippen LogP contribution in [0.4, 0.5) is 11.6 Å². The Morgan fingerprint density at radius 3 is 2.23 bits per heavy atom. The largest absolute Gasteiger partial charge is 0.493 e. The molecule has 4 fully saturated rings. The zero-order valence-corrected chi connectivity index (χ0v) is 23.4. The van der Waals surface area contributed by atoms with Crippen molar-refractivity contribution in [3.8, 4) is 11.5 Å². The maximum Gasteiger partial charge on any atom is 0.262 e. The van der Waals surface area contributed by atoms with Crippen molar-refractivity contribution < 1.29 is 14.3 Å². The Morgan fingerprint density at radius 1 is 0.950 bits per heavy atom. The van der Waals surface area contributed by atoms with Crippen molar-refractivity contribution >= 4 is 23.8 Å². The van der Waals surface area contributed by atoms with Gasteiger partial charge >= 0.3 is 0 Å². The van der Waals surface area contributed by atoms with Crippen LogP contribution in [0.15, 0.2) is 53.6 Å². The van der Waals surface area contributed by atoms with Crippen LogP contribution in [0, 0.1) is 31.6 Å². The highest BCUT2D eigenvalue weighted by molar-refractivity contribution is 5.92. The summed E-state index contributed by atoms with van der Waals surface area (Å²) >= 11 is 0. The number of aromatic nitrogens is 2. The van der Waals surface area contributed by atoms with Gasteiger partial charge in [-0.15, -0.1) is 0 Å². The van der Waals surface area contributed by atoms with Gasteiger partial charge in [-0.05, 0) is 123 Å². The van der Waals surface area contributed by atoms with Crippen molar-refractivity contribution in [1.82, 2.24) is 9.97 Å². The van der Waals surface area contributed by atoms with E-state index in [0.717, 1.165) is 40.4 Å². The molecule has 0 atom stereocenters. The lowest BCUT2D eigenvalue weighted by atomic mass is 9.48. The van der Waals surface area contributed by atoms with Crippen LogP contribution in [-0.4, -0.2) is 35.8 Å². The molecule has 4 bridgehead atoms. The third-order valence-electron chi connectivity index (χ3n) is 8.73. The SMILES string of the molecule is COc1cc(/C=N/Nc2nc(C)cc(C)n2)ccc1OCC(=O)Nc1ccc(C23CC4CC(CC(C4)C2)C3)cc1. The molecule has 0 radical (unpaired) electrons. The highest BCUT2D eigenvalue weighted by Gasteiger charge is 2.51. The molecule has 8 heteroatoms. The number of methoxy groups -OCH3 is 1. The van der Waals surface area contributed by atoms with E-state index in [1.165, 1.54) is 44.1 Å². The third-order valence-corrected chi connectivity index (χ3v) is 8.73. The molecule has 40 heavy (non-hydrogen) atoms. The van der Waals surface area contributed by atoms with Crippen molar-refractivity contribution in [2.75, 3.05) is 24.5 Å². The number of anilines is 2. The monoisotopic (exact) mass is 539 g/mol. The first kappa shape index (κ1) is 26.3. The number of hydrazone groups is 1. The Kier molecular flexibility index (Phi) is 7.17. The van der Waals surface area contributed by atoms with E-state index in [-0.39, 0.29) is 12.5 Å². The molecule has 4 aliphatic rings. The number of amides is 1. The molecule has 7 rings (SSSR count). The van der Waals surface area contributed by atoms with Crippen LogP contribution in [-0.2, 0) is 10.2 Å². The van der Waals surface area contributed by atoms with Crippen LogP contribution in [0.25, 0.3) is 0 Å². The van der Waals surface area contributed by atoms with E-state index < -0.39 is 0 Å². The first-order valence-corrected chi connectivity index (χ1v) is 14.2. The molecule has 8 nitrogen and oxygen atoms in total. The maximum atomic E-state index is 12.7. The van der Waals surface area contributed by atoms with Crippen molar-refractivity contribution in [3.63, 3.8) is 0 Å². The minimum absolute atomic E-state index is 0.119. The first-order chi connectivity index (χ1) is 19.4. The summed E-state index contributed by atoms with van der Waals surface area (Å²) in [6.07, 6.45) is 9.97. The number of hydrogen-bond acceptors (Lipinski definition) is 7. The highest BCUT2D eigenvalue weighted by atomic mass is 16.5. The fourth-order valence-corrected chi connectivity index (χ4v) is 7.54. The van der Waals surface area contributed by atoms with Gasteiger partial charge in [0.2, 0.25) is 5.95 Å². The van der Waals surface area contributed by atoms with Gasteiger partial charge in [-0.2, -0.15) is 5.10 Å². The number of aryl methyl sites for hydroxylation is 2. The van der Waals surface area contributed by atoms with Crippen molar-refractivity contribution in [2.24, 2.45) is 22.9 Å². The first-order valence-electron chi connectivity index (χ1n) is 14.2. The predicted octanol–water partition coefficient (Wildman–Crippen LogP) is 6.03. The smallest absolute Gasteiger partial charge is 0.262 e. The predicted molar refractivity (Wildman–Crippen MR) is 156 cm³/mol. The Morgan fingerprint density at radius 2 is 1.60 bits per heavy atom. The van der Waals surface area contributed by atoms with Gasteiger partial charge in [-0.1, -0.05) is 12.1 Å². The van der Waals surface area contributed by atoms with E-state index in [4.69, 9.17) is 9.47 Å². The lowest BCUT2D eigenvalue weighted by molar-refractivity contribution is -0.118. The van der Waals surface area contributed by atoms with Gasteiger partial charge in [0.15, 0.2) is 18.1 Å². The van der Waals surface area contributed by atoms with E-state index in [0.29, 0.717) is 22.9 Å². The Balaban J connectivity index is 1.03. The Bertz CT molecular complexity index is 1360. The van der Waals surface area contributed by atoms with E-state index in [2.05, 4.69) is 37.9 Å². The van der Waals surface area contributed by atoms with Crippen molar-refractivity contribution in [1.29, 1.82) is 0 Å². The number of nitrogens with one attached hydrogen (secondary N) is 2. The summed E-state index contributed by atoms with van der Waals surface area (Å²) in [5, 5.41) is 7.19. The standard InChI is InChI=1S/C32H37N5O3/c1-20-10-21(2)35-31(34-20)37-33-18-22-4-9-28(29(14-22)39-3)40-19-30(38)36-27-7-5-26(6-8-27)32-15-23-11-24(16-32)13-25(12-23)17-32/h4-10,14,18,23-25H,11-13,15-17,19H2,1-3H3,(H,36,38)(H,34,35,37)/b33-18+. The highest BCUT2D eigenvalue weighted by Crippen LogP contribution is 2.60. The molecular weight excluding hydrogens is 502 g/mol. The molecule has 3 aromatic rings. The molecule has 0 saturated heterocycles. The fraction of sp³-hybridized carbons (Fsp3) is 0.438. The van der Waals surface area contributed by atoms with Gasteiger partial charge < -0.3 is 14.8 Å². The second-order valence-corrected chi connectivity index (χ2v) is 11.9. The van der Waals surface area contributed by atoms with Crippen LogP contribution in [0.1, 0.15) is 61.0 Å². The Hall–Kier alpha value is -3.94. The molecule has 4 aliphatic carbocycles. The molecule has 0 spiro atoms. The molecular formula is C32H37N5O3. The summed E-state index contributed by atoms with van der Waals surface area (Å²) in [4.78, 5) is 21.3. The summed E-state index contributed by atoms with van der Waals surface area (Å²) in [6.45, 7) is 3.70. The molecule has 208 valence electrons. The number of benzene rings is 2. The summed E-state index contributed by atoms with van der Waals surface area (Å²) in [5.74, 6) is 3.96. The molecule has 1 amide bonds. The van der Waals surface area contributed by atoms with Crippen LogP contribution < -0.4 is 20.2 Å². The van der Waals surface area contributed by atoms with Gasteiger partial charge in [0.25, 0.3) is 5.91 Å². The molecule has 2 aromatic carbocycles. The number of carbonyl (C=O) groups excluding carboxylic acids is 1. The van der Waals surface area contributed by atoms with E-state index in [9.17, 15) is 4.79 Å². The quantitative estimate of drug-likeness (QED) is 0.254.